The summed E-state index contributed by atoms with van der Waals surface area (Å²) >= 11 is 0. The Morgan fingerprint density at radius 1 is 1.21 bits per heavy atom. The molecule has 0 saturated carbocycles. The Bertz CT molecular complexity index is 647. The lowest BCUT2D eigenvalue weighted by atomic mass is 10.1. The summed E-state index contributed by atoms with van der Waals surface area (Å²) in [5.41, 5.74) is 0.991. The van der Waals surface area contributed by atoms with Gasteiger partial charge >= 0.3 is 0 Å². The lowest BCUT2D eigenvalue weighted by Gasteiger charge is -2.11. The summed E-state index contributed by atoms with van der Waals surface area (Å²) in [5, 5.41) is 9.88. The quantitative estimate of drug-likeness (QED) is 0.843. The van der Waals surface area contributed by atoms with E-state index in [-0.39, 0.29) is 0 Å². The summed E-state index contributed by atoms with van der Waals surface area (Å²) in [6.07, 6.45) is 0. The van der Waals surface area contributed by atoms with Gasteiger partial charge in [0.05, 0.1) is 20.8 Å². The van der Waals surface area contributed by atoms with Crippen LogP contribution in [0, 0.1) is 11.3 Å². The van der Waals surface area contributed by atoms with E-state index in [2.05, 4.69) is 11.1 Å². The minimum absolute atomic E-state index is 0.309. The van der Waals surface area contributed by atoms with E-state index in [1.165, 1.54) is 0 Å². The molecule has 0 N–H and O–H groups in total. The third-order valence-corrected chi connectivity index (χ3v) is 2.71. The molecule has 5 nitrogen and oxygen atoms in total. The van der Waals surface area contributed by atoms with Crippen molar-refractivity contribution in [2.75, 3.05) is 20.8 Å². The first-order valence-electron chi connectivity index (χ1n) is 5.83. The van der Waals surface area contributed by atoms with Gasteiger partial charge in [-0.25, -0.2) is 4.98 Å². The van der Waals surface area contributed by atoms with E-state index in [1.54, 1.807) is 32.4 Å². The van der Waals surface area contributed by atoms with E-state index in [0.29, 0.717) is 35.1 Å². The van der Waals surface area contributed by atoms with Crippen molar-refractivity contribution >= 4 is 10.9 Å². The average molecular weight is 258 g/mol. The van der Waals surface area contributed by atoms with Crippen LogP contribution in [0.3, 0.4) is 0 Å². The first kappa shape index (κ1) is 13.0. The van der Waals surface area contributed by atoms with Crippen molar-refractivity contribution in [3.8, 4) is 23.4 Å². The first-order chi connectivity index (χ1) is 9.24. The monoisotopic (exact) mass is 258 g/mol. The predicted octanol–water partition coefficient (Wildman–Crippen LogP) is 2.52. The van der Waals surface area contributed by atoms with Crippen molar-refractivity contribution in [3.63, 3.8) is 0 Å². The van der Waals surface area contributed by atoms with Crippen LogP contribution in [0.1, 0.15) is 12.5 Å². The zero-order valence-corrected chi connectivity index (χ0v) is 11.1. The van der Waals surface area contributed by atoms with Crippen LogP contribution in [0.15, 0.2) is 18.2 Å². The number of rotatable bonds is 4. The summed E-state index contributed by atoms with van der Waals surface area (Å²) in [5.74, 6) is 1.56. The second-order valence-electron chi connectivity index (χ2n) is 3.75. The molecule has 1 aromatic heterocycles. The molecule has 0 aliphatic rings. The van der Waals surface area contributed by atoms with Crippen LogP contribution in [-0.2, 0) is 0 Å². The normalized spacial score (nSPS) is 10.0. The SMILES string of the molecule is CCOc1nc2c(OC)ccc(OC)c2cc1C#N. The first-order valence-corrected chi connectivity index (χ1v) is 5.83. The van der Waals surface area contributed by atoms with Crippen LogP contribution in [0.5, 0.6) is 17.4 Å². The van der Waals surface area contributed by atoms with Crippen LogP contribution in [0.4, 0.5) is 0 Å². The summed E-state index contributed by atoms with van der Waals surface area (Å²) in [6, 6.07) is 7.34. The molecule has 0 aliphatic heterocycles. The summed E-state index contributed by atoms with van der Waals surface area (Å²) in [4.78, 5) is 4.37. The number of aromatic nitrogens is 1. The summed E-state index contributed by atoms with van der Waals surface area (Å²) < 4.78 is 15.9. The molecule has 0 amide bonds. The number of methoxy groups -OCH3 is 2. The highest BCUT2D eigenvalue weighted by atomic mass is 16.5. The highest BCUT2D eigenvalue weighted by molar-refractivity contribution is 5.91. The highest BCUT2D eigenvalue weighted by Gasteiger charge is 2.14. The van der Waals surface area contributed by atoms with Gasteiger partial charge in [-0.05, 0) is 25.1 Å². The molecule has 1 heterocycles. The van der Waals surface area contributed by atoms with Crippen LogP contribution < -0.4 is 14.2 Å². The third-order valence-electron chi connectivity index (χ3n) is 2.71. The molecule has 0 radical (unpaired) electrons. The molecule has 2 rings (SSSR count). The van der Waals surface area contributed by atoms with E-state index >= 15 is 0 Å². The van der Waals surface area contributed by atoms with Gasteiger partial charge in [-0.15, -0.1) is 0 Å². The Morgan fingerprint density at radius 2 is 1.89 bits per heavy atom. The zero-order valence-electron chi connectivity index (χ0n) is 11.1. The number of nitriles is 1. The Morgan fingerprint density at radius 3 is 2.47 bits per heavy atom. The minimum Gasteiger partial charge on any atom is -0.496 e. The Balaban J connectivity index is 2.79. The zero-order chi connectivity index (χ0) is 13.8. The molecule has 0 aliphatic carbocycles. The number of benzene rings is 1. The van der Waals surface area contributed by atoms with Crippen LogP contribution in [-0.4, -0.2) is 25.8 Å². The third kappa shape index (κ3) is 2.25. The van der Waals surface area contributed by atoms with Crippen LogP contribution >= 0.6 is 0 Å². The molecule has 98 valence electrons. The summed E-state index contributed by atoms with van der Waals surface area (Å²) in [6.45, 7) is 2.29. The Labute approximate surface area is 111 Å². The van der Waals surface area contributed by atoms with Crippen molar-refractivity contribution in [2.24, 2.45) is 0 Å². The second-order valence-corrected chi connectivity index (χ2v) is 3.75. The summed E-state index contributed by atoms with van der Waals surface area (Å²) in [7, 11) is 3.14. The largest absolute Gasteiger partial charge is 0.496 e. The second kappa shape index (κ2) is 5.44. The van der Waals surface area contributed by atoms with Gasteiger partial charge < -0.3 is 14.2 Å². The highest BCUT2D eigenvalue weighted by Crippen LogP contribution is 2.34. The molecular weight excluding hydrogens is 244 g/mol. The molecule has 19 heavy (non-hydrogen) atoms. The number of fused-ring (bicyclic) bond motifs is 1. The number of nitrogens with zero attached hydrogens (tertiary/aromatic N) is 2. The van der Waals surface area contributed by atoms with Crippen LogP contribution in [0.2, 0.25) is 0 Å². The van der Waals surface area contributed by atoms with Gasteiger partial charge in [0, 0.05) is 5.39 Å². The van der Waals surface area contributed by atoms with E-state index in [1.807, 2.05) is 6.92 Å². The van der Waals surface area contributed by atoms with Gasteiger partial charge in [0.25, 0.3) is 0 Å². The van der Waals surface area contributed by atoms with Gasteiger partial charge in [-0.1, -0.05) is 0 Å². The molecule has 0 fully saturated rings. The fourth-order valence-corrected chi connectivity index (χ4v) is 1.86. The molecule has 0 spiro atoms. The molecular formula is C14H14N2O3. The van der Waals surface area contributed by atoms with E-state index in [0.717, 1.165) is 5.39 Å². The maximum atomic E-state index is 9.15. The molecule has 1 aromatic carbocycles. The van der Waals surface area contributed by atoms with Crippen molar-refractivity contribution in [1.29, 1.82) is 5.26 Å². The lowest BCUT2D eigenvalue weighted by molar-refractivity contribution is 0.326. The molecule has 0 unspecified atom stereocenters. The van der Waals surface area contributed by atoms with Crippen molar-refractivity contribution in [3.05, 3.63) is 23.8 Å². The average Bonchev–Trinajstić information content (AvgIpc) is 2.45. The molecule has 5 heteroatoms. The van der Waals surface area contributed by atoms with Crippen LogP contribution in [0.25, 0.3) is 10.9 Å². The maximum absolute atomic E-state index is 9.15. The Hall–Kier alpha value is -2.48. The molecule has 0 saturated heterocycles. The number of ether oxygens (including phenoxy) is 3. The lowest BCUT2D eigenvalue weighted by Crippen LogP contribution is -1.99. The Kier molecular flexibility index (Phi) is 3.71. The van der Waals surface area contributed by atoms with Crippen molar-refractivity contribution in [2.45, 2.75) is 6.92 Å². The van der Waals surface area contributed by atoms with E-state index in [4.69, 9.17) is 19.5 Å². The van der Waals surface area contributed by atoms with E-state index in [9.17, 15) is 0 Å². The fraction of sp³-hybridized carbons (Fsp3) is 0.286. The van der Waals surface area contributed by atoms with E-state index < -0.39 is 0 Å². The maximum Gasteiger partial charge on any atom is 0.232 e. The molecule has 0 bridgehead atoms. The number of hydrogen-bond acceptors (Lipinski definition) is 5. The fourth-order valence-electron chi connectivity index (χ4n) is 1.86. The van der Waals surface area contributed by atoms with Gasteiger partial charge in [0.15, 0.2) is 0 Å². The molecule has 0 atom stereocenters. The van der Waals surface area contributed by atoms with Crippen molar-refractivity contribution < 1.29 is 14.2 Å². The number of pyridine rings is 1. The van der Waals surface area contributed by atoms with Gasteiger partial charge in [0.2, 0.25) is 5.88 Å². The van der Waals surface area contributed by atoms with Gasteiger partial charge in [-0.3, -0.25) is 0 Å². The van der Waals surface area contributed by atoms with Gasteiger partial charge in [0.1, 0.15) is 28.6 Å². The molecule has 2 aromatic rings. The standard InChI is InChI=1S/C14H14N2O3/c1-4-19-14-9(8-15)7-10-11(17-2)5-6-12(18-3)13(10)16-14/h5-7H,4H2,1-3H3. The predicted molar refractivity (Wildman–Crippen MR) is 70.7 cm³/mol. The minimum atomic E-state index is 0.309. The topological polar surface area (TPSA) is 64.4 Å². The number of hydrogen-bond donors (Lipinski definition) is 0. The smallest absolute Gasteiger partial charge is 0.232 e. The van der Waals surface area contributed by atoms with Gasteiger partial charge in [-0.2, -0.15) is 5.26 Å². The van der Waals surface area contributed by atoms with Crippen molar-refractivity contribution in [1.82, 2.24) is 4.98 Å².